The van der Waals surface area contributed by atoms with Crippen molar-refractivity contribution in [3.8, 4) is 5.75 Å². The summed E-state index contributed by atoms with van der Waals surface area (Å²) in [5.41, 5.74) is 0.842. The zero-order valence-corrected chi connectivity index (χ0v) is 18.8. The quantitative estimate of drug-likeness (QED) is 0.441. The number of hydrogen-bond acceptors (Lipinski definition) is 4. The first-order valence-electron chi connectivity index (χ1n) is 9.38. The summed E-state index contributed by atoms with van der Waals surface area (Å²) in [7, 11) is -3.78. The van der Waals surface area contributed by atoms with Crippen LogP contribution in [0.5, 0.6) is 5.75 Å². The molecule has 0 radical (unpaired) electrons. The number of carbonyl (C=O) groups excluding carboxylic acids is 1. The largest absolute Gasteiger partial charge is 0.481 e. The zero-order chi connectivity index (χ0) is 22.4. The van der Waals surface area contributed by atoms with Crippen LogP contribution < -0.4 is 14.8 Å². The number of amides is 1. The molecule has 0 fully saturated rings. The molecule has 0 aliphatic heterocycles. The monoisotopic (exact) mass is 478 g/mol. The minimum absolute atomic E-state index is 0.0580. The molecule has 0 spiro atoms. The van der Waals surface area contributed by atoms with Crippen molar-refractivity contribution >= 4 is 50.5 Å². The summed E-state index contributed by atoms with van der Waals surface area (Å²) in [4.78, 5) is 12.6. The number of carbonyl (C=O) groups is 1. The second kappa shape index (κ2) is 10.0. The van der Waals surface area contributed by atoms with E-state index in [1.54, 1.807) is 48.5 Å². The van der Waals surface area contributed by atoms with Crippen LogP contribution in [0.1, 0.15) is 13.3 Å². The summed E-state index contributed by atoms with van der Waals surface area (Å²) in [5.74, 6) is 0.140. The number of nitrogens with one attached hydrogen (secondary N) is 2. The van der Waals surface area contributed by atoms with Gasteiger partial charge in [-0.25, -0.2) is 8.42 Å². The molecule has 3 rings (SSSR count). The summed E-state index contributed by atoms with van der Waals surface area (Å²) in [6, 6.07) is 19.0. The van der Waals surface area contributed by atoms with E-state index in [9.17, 15) is 13.2 Å². The Bertz CT molecular complexity index is 1150. The third-order valence-electron chi connectivity index (χ3n) is 4.27. The minimum Gasteiger partial charge on any atom is -0.481 e. The average molecular weight is 479 g/mol. The zero-order valence-electron chi connectivity index (χ0n) is 16.5. The summed E-state index contributed by atoms with van der Waals surface area (Å²) >= 11 is 11.8. The lowest BCUT2D eigenvalue weighted by molar-refractivity contribution is -0.122. The highest BCUT2D eigenvalue weighted by Crippen LogP contribution is 2.22. The molecule has 162 valence electrons. The maximum Gasteiger partial charge on any atom is 0.265 e. The van der Waals surface area contributed by atoms with Crippen molar-refractivity contribution in [1.29, 1.82) is 0 Å². The number of rotatable bonds is 8. The topological polar surface area (TPSA) is 84.5 Å². The summed E-state index contributed by atoms with van der Waals surface area (Å²) in [5, 5.41) is 3.75. The van der Waals surface area contributed by atoms with Gasteiger partial charge in [0.25, 0.3) is 15.9 Å². The Morgan fingerprint density at radius 3 is 2.19 bits per heavy atom. The van der Waals surface area contributed by atoms with Crippen molar-refractivity contribution in [2.75, 3.05) is 10.0 Å². The second-order valence-corrected chi connectivity index (χ2v) is 9.15. The fourth-order valence-corrected chi connectivity index (χ4v) is 4.06. The average Bonchev–Trinajstić information content (AvgIpc) is 2.74. The first kappa shape index (κ1) is 22.9. The van der Waals surface area contributed by atoms with Crippen molar-refractivity contribution in [2.45, 2.75) is 24.3 Å². The number of halogens is 2. The highest BCUT2D eigenvalue weighted by atomic mass is 35.5. The first-order valence-corrected chi connectivity index (χ1v) is 11.6. The number of hydrogen-bond donors (Lipinski definition) is 2. The molecule has 0 saturated carbocycles. The van der Waals surface area contributed by atoms with Crippen LogP contribution in [0.2, 0.25) is 10.0 Å². The van der Waals surface area contributed by atoms with Crippen molar-refractivity contribution in [2.24, 2.45) is 0 Å². The maximum atomic E-state index is 12.6. The van der Waals surface area contributed by atoms with E-state index in [1.165, 1.54) is 24.3 Å². The third-order valence-corrected chi connectivity index (χ3v) is 6.15. The van der Waals surface area contributed by atoms with Gasteiger partial charge in [0.15, 0.2) is 6.10 Å². The van der Waals surface area contributed by atoms with Crippen molar-refractivity contribution in [3.63, 3.8) is 0 Å². The molecule has 3 aromatic carbocycles. The standard InChI is InChI=1S/C22H20Cl2N2O4S/c1-2-21(30-19-5-3-4-16(24)14-19)22(27)25-17-10-12-20(13-11-17)31(28,29)26-18-8-6-15(23)7-9-18/h3-14,21,26H,2H2,1H3,(H,25,27). The van der Waals surface area contributed by atoms with Crippen LogP contribution in [-0.4, -0.2) is 20.4 Å². The van der Waals surface area contributed by atoms with Crippen LogP contribution in [0, 0.1) is 0 Å². The molecule has 1 unspecified atom stereocenters. The van der Waals surface area contributed by atoms with Gasteiger partial charge in [-0.2, -0.15) is 0 Å². The fourth-order valence-electron chi connectivity index (χ4n) is 2.70. The van der Waals surface area contributed by atoms with Crippen molar-refractivity contribution in [1.82, 2.24) is 0 Å². The van der Waals surface area contributed by atoms with E-state index in [2.05, 4.69) is 10.0 Å². The molecule has 2 N–H and O–H groups in total. The first-order chi connectivity index (χ1) is 14.8. The number of ether oxygens (including phenoxy) is 1. The molecular weight excluding hydrogens is 459 g/mol. The Hall–Kier alpha value is -2.74. The molecule has 0 bridgehead atoms. The molecule has 1 amide bonds. The van der Waals surface area contributed by atoms with E-state index in [0.29, 0.717) is 33.6 Å². The van der Waals surface area contributed by atoms with Gasteiger partial charge in [0, 0.05) is 21.4 Å². The van der Waals surface area contributed by atoms with Crippen LogP contribution in [0.25, 0.3) is 0 Å². The Morgan fingerprint density at radius 2 is 1.58 bits per heavy atom. The van der Waals surface area contributed by atoms with Gasteiger partial charge >= 0.3 is 0 Å². The van der Waals surface area contributed by atoms with E-state index < -0.39 is 16.1 Å². The Balaban J connectivity index is 1.66. The Kier molecular flexibility index (Phi) is 7.43. The highest BCUT2D eigenvalue weighted by molar-refractivity contribution is 7.92. The number of anilines is 2. The maximum absolute atomic E-state index is 12.6. The summed E-state index contributed by atoms with van der Waals surface area (Å²) < 4.78 is 33.3. The molecule has 1 atom stereocenters. The third kappa shape index (κ3) is 6.37. The number of sulfonamides is 1. The lowest BCUT2D eigenvalue weighted by atomic mass is 10.2. The molecule has 3 aromatic rings. The number of benzene rings is 3. The van der Waals surface area contributed by atoms with Gasteiger partial charge in [0.1, 0.15) is 5.75 Å². The van der Waals surface area contributed by atoms with E-state index in [-0.39, 0.29) is 10.8 Å². The van der Waals surface area contributed by atoms with Gasteiger partial charge in [-0.1, -0.05) is 36.2 Å². The summed E-state index contributed by atoms with van der Waals surface area (Å²) in [6.45, 7) is 1.83. The van der Waals surface area contributed by atoms with E-state index in [0.717, 1.165) is 0 Å². The SMILES string of the molecule is CCC(Oc1cccc(Cl)c1)C(=O)Nc1ccc(S(=O)(=O)Nc2ccc(Cl)cc2)cc1. The van der Waals surface area contributed by atoms with Gasteiger partial charge in [0.2, 0.25) is 0 Å². The molecule has 0 heterocycles. The highest BCUT2D eigenvalue weighted by Gasteiger charge is 2.19. The van der Waals surface area contributed by atoms with Crippen molar-refractivity contribution < 1.29 is 17.9 Å². The fraction of sp³-hybridized carbons (Fsp3) is 0.136. The van der Waals surface area contributed by atoms with Crippen LogP contribution in [0.15, 0.2) is 77.7 Å². The van der Waals surface area contributed by atoms with E-state index in [4.69, 9.17) is 27.9 Å². The molecule has 9 heteroatoms. The van der Waals surface area contributed by atoms with Gasteiger partial charge in [0.05, 0.1) is 4.90 Å². The van der Waals surface area contributed by atoms with Gasteiger partial charge < -0.3 is 10.1 Å². The van der Waals surface area contributed by atoms with Crippen LogP contribution in [0.4, 0.5) is 11.4 Å². The molecule has 0 aromatic heterocycles. The van der Waals surface area contributed by atoms with E-state index >= 15 is 0 Å². The molecular formula is C22H20Cl2N2O4S. The molecule has 0 saturated heterocycles. The molecule has 6 nitrogen and oxygen atoms in total. The minimum atomic E-state index is -3.78. The normalized spacial score (nSPS) is 12.1. The van der Waals surface area contributed by atoms with Crippen LogP contribution >= 0.6 is 23.2 Å². The van der Waals surface area contributed by atoms with Crippen molar-refractivity contribution in [3.05, 3.63) is 82.8 Å². The second-order valence-electron chi connectivity index (χ2n) is 6.60. The summed E-state index contributed by atoms with van der Waals surface area (Å²) in [6.07, 6.45) is -0.288. The van der Waals surface area contributed by atoms with Gasteiger partial charge in [-0.05, 0) is 73.2 Å². The predicted molar refractivity (Wildman–Crippen MR) is 123 cm³/mol. The van der Waals surface area contributed by atoms with Gasteiger partial charge in [-0.3, -0.25) is 9.52 Å². The van der Waals surface area contributed by atoms with Gasteiger partial charge in [-0.15, -0.1) is 0 Å². The predicted octanol–water partition coefficient (Wildman–Crippen LogP) is 5.59. The lowest BCUT2D eigenvalue weighted by Crippen LogP contribution is -2.32. The molecule has 0 aliphatic rings. The molecule has 0 aliphatic carbocycles. The Morgan fingerprint density at radius 1 is 0.935 bits per heavy atom. The lowest BCUT2D eigenvalue weighted by Gasteiger charge is -2.17. The molecule has 31 heavy (non-hydrogen) atoms. The van der Waals surface area contributed by atoms with Crippen LogP contribution in [-0.2, 0) is 14.8 Å². The smallest absolute Gasteiger partial charge is 0.265 e. The van der Waals surface area contributed by atoms with Crippen LogP contribution in [0.3, 0.4) is 0 Å². The Labute approximate surface area is 191 Å². The van der Waals surface area contributed by atoms with E-state index in [1.807, 2.05) is 6.92 Å².